The normalized spacial score (nSPS) is 21.5. The summed E-state index contributed by atoms with van der Waals surface area (Å²) in [5, 5.41) is 16.1. The molecular weight excluding hydrogens is 432 g/mol. The first-order valence-electron chi connectivity index (χ1n) is 10.6. The van der Waals surface area contributed by atoms with Gasteiger partial charge in [0.25, 0.3) is 11.7 Å². The molecule has 3 heterocycles. The number of aliphatic hydroxyl groups is 1. The lowest BCUT2D eigenvalue weighted by Gasteiger charge is -2.31. The van der Waals surface area contributed by atoms with E-state index in [0.717, 1.165) is 13.1 Å². The van der Waals surface area contributed by atoms with Crippen LogP contribution in [0, 0.1) is 13.8 Å². The highest BCUT2D eigenvalue weighted by molar-refractivity contribution is 6.46. The zero-order valence-electron chi connectivity index (χ0n) is 18.5. The lowest BCUT2D eigenvalue weighted by atomic mass is 9.94. The van der Waals surface area contributed by atoms with Gasteiger partial charge in [-0.3, -0.25) is 19.2 Å². The number of amides is 1. The smallest absolute Gasteiger partial charge is 0.295 e. The Bertz CT molecular complexity index is 1090. The largest absolute Gasteiger partial charge is 0.507 e. The Morgan fingerprint density at radius 3 is 2.56 bits per heavy atom. The van der Waals surface area contributed by atoms with Crippen LogP contribution in [-0.4, -0.2) is 75.8 Å². The minimum atomic E-state index is -0.728. The monoisotopic (exact) mass is 458 g/mol. The Kier molecular flexibility index (Phi) is 6.37. The second-order valence-corrected chi connectivity index (χ2v) is 8.61. The fourth-order valence-electron chi connectivity index (χ4n) is 4.46. The van der Waals surface area contributed by atoms with Crippen LogP contribution in [0.1, 0.15) is 28.6 Å². The van der Waals surface area contributed by atoms with E-state index in [-0.39, 0.29) is 11.3 Å². The molecule has 1 aromatic heterocycles. The van der Waals surface area contributed by atoms with Gasteiger partial charge in [-0.05, 0) is 31.5 Å². The van der Waals surface area contributed by atoms with Crippen molar-refractivity contribution < 1.29 is 19.4 Å². The van der Waals surface area contributed by atoms with Gasteiger partial charge < -0.3 is 14.7 Å². The molecule has 0 spiro atoms. The van der Waals surface area contributed by atoms with E-state index in [1.54, 1.807) is 36.9 Å². The van der Waals surface area contributed by atoms with Crippen LogP contribution in [0.25, 0.3) is 5.76 Å². The maximum atomic E-state index is 13.2. The molecule has 170 valence electrons. The number of hydrogen-bond acceptors (Lipinski definition) is 6. The molecule has 0 radical (unpaired) electrons. The number of aromatic nitrogens is 2. The number of hydrogen-bond donors (Lipinski definition) is 1. The molecule has 9 heteroatoms. The van der Waals surface area contributed by atoms with E-state index in [1.165, 1.54) is 4.90 Å². The molecule has 0 bridgehead atoms. The van der Waals surface area contributed by atoms with Crippen molar-refractivity contribution in [2.24, 2.45) is 7.05 Å². The molecule has 1 aromatic carbocycles. The number of carbonyl (C=O) groups excluding carboxylic acids is 2. The quantitative estimate of drug-likeness (QED) is 0.420. The van der Waals surface area contributed by atoms with Gasteiger partial charge in [0.05, 0.1) is 36.1 Å². The van der Waals surface area contributed by atoms with Crippen molar-refractivity contribution in [3.8, 4) is 0 Å². The predicted octanol–water partition coefficient (Wildman–Crippen LogP) is 2.44. The third kappa shape index (κ3) is 4.05. The Morgan fingerprint density at radius 1 is 1.22 bits per heavy atom. The second-order valence-electron chi connectivity index (χ2n) is 8.17. The molecule has 2 fully saturated rings. The number of morpholine rings is 1. The molecule has 1 N–H and O–H groups in total. The average Bonchev–Trinajstić information content (AvgIpc) is 3.18. The first-order valence-corrected chi connectivity index (χ1v) is 11.0. The summed E-state index contributed by atoms with van der Waals surface area (Å²) >= 11 is 6.24. The third-order valence-electron chi connectivity index (χ3n) is 6.21. The lowest BCUT2D eigenvalue weighted by molar-refractivity contribution is -0.140. The fraction of sp³-hybridized carbons (Fsp3) is 0.435. The van der Waals surface area contributed by atoms with Gasteiger partial charge in [-0.15, -0.1) is 0 Å². The van der Waals surface area contributed by atoms with Gasteiger partial charge in [0, 0.05) is 43.9 Å². The number of rotatable bonds is 5. The van der Waals surface area contributed by atoms with Crippen molar-refractivity contribution in [3.63, 3.8) is 0 Å². The molecule has 1 unspecified atom stereocenters. The molecule has 2 aromatic rings. The third-order valence-corrected chi connectivity index (χ3v) is 6.45. The summed E-state index contributed by atoms with van der Waals surface area (Å²) < 4.78 is 7.04. The van der Waals surface area contributed by atoms with Gasteiger partial charge in [0.15, 0.2) is 0 Å². The summed E-state index contributed by atoms with van der Waals surface area (Å²) in [5.41, 5.74) is 2.53. The Hall–Kier alpha value is -2.68. The van der Waals surface area contributed by atoms with Gasteiger partial charge >= 0.3 is 0 Å². The van der Waals surface area contributed by atoms with E-state index in [9.17, 15) is 14.7 Å². The van der Waals surface area contributed by atoms with Gasteiger partial charge in [0.2, 0.25) is 0 Å². The van der Waals surface area contributed by atoms with E-state index in [0.29, 0.717) is 53.8 Å². The molecule has 0 saturated carbocycles. The minimum Gasteiger partial charge on any atom is -0.507 e. The van der Waals surface area contributed by atoms with Crippen LogP contribution in [0.4, 0.5) is 0 Å². The van der Waals surface area contributed by atoms with E-state index in [4.69, 9.17) is 16.3 Å². The minimum absolute atomic E-state index is 0.0680. The number of nitrogens with zero attached hydrogens (tertiary/aromatic N) is 4. The Balaban J connectivity index is 1.79. The zero-order valence-corrected chi connectivity index (χ0v) is 19.2. The van der Waals surface area contributed by atoms with Crippen molar-refractivity contribution in [1.29, 1.82) is 0 Å². The van der Waals surface area contributed by atoms with Gasteiger partial charge in [0.1, 0.15) is 5.76 Å². The van der Waals surface area contributed by atoms with Crippen LogP contribution in [0.3, 0.4) is 0 Å². The number of carbonyl (C=O) groups is 2. The second kappa shape index (κ2) is 9.05. The maximum Gasteiger partial charge on any atom is 0.295 e. The first-order chi connectivity index (χ1) is 15.3. The summed E-state index contributed by atoms with van der Waals surface area (Å²) in [6.07, 6.45) is 0. The highest BCUT2D eigenvalue weighted by Gasteiger charge is 2.46. The number of benzene rings is 1. The summed E-state index contributed by atoms with van der Waals surface area (Å²) in [7, 11) is 1.77. The SMILES string of the molecule is Cc1nn(C)c(C)c1C(O)=C1C(=O)C(=O)N(CCN2CCOCC2)C1c1cccc(Cl)c1. The molecule has 1 atom stereocenters. The number of halogens is 1. The molecule has 0 aliphatic carbocycles. The van der Waals surface area contributed by atoms with E-state index in [2.05, 4.69) is 10.00 Å². The van der Waals surface area contributed by atoms with E-state index in [1.807, 2.05) is 13.0 Å². The number of ketones is 1. The number of aryl methyl sites for hydroxylation is 2. The summed E-state index contributed by atoms with van der Waals surface area (Å²) in [5.74, 6) is -1.52. The molecule has 2 saturated heterocycles. The van der Waals surface area contributed by atoms with Crippen LogP contribution >= 0.6 is 11.6 Å². The zero-order chi connectivity index (χ0) is 23.0. The average molecular weight is 459 g/mol. The van der Waals surface area contributed by atoms with Gasteiger partial charge in [-0.25, -0.2) is 0 Å². The van der Waals surface area contributed by atoms with Gasteiger partial charge in [-0.2, -0.15) is 5.10 Å². The summed E-state index contributed by atoms with van der Waals surface area (Å²) in [4.78, 5) is 30.0. The predicted molar refractivity (Wildman–Crippen MR) is 120 cm³/mol. The standard InChI is InChI=1S/C23H27ClN4O4/c1-14-18(15(2)26(3)25-14)21(29)19-20(16-5-4-6-17(24)13-16)28(23(31)22(19)30)8-7-27-9-11-32-12-10-27/h4-6,13,20,29H,7-12H2,1-3H3. The maximum absolute atomic E-state index is 13.2. The van der Waals surface area contributed by atoms with Crippen LogP contribution < -0.4 is 0 Å². The van der Waals surface area contributed by atoms with Crippen molar-refractivity contribution in [2.75, 3.05) is 39.4 Å². The first kappa shape index (κ1) is 22.5. The summed E-state index contributed by atoms with van der Waals surface area (Å²) in [6.45, 7) is 7.40. The van der Waals surface area contributed by atoms with Crippen molar-refractivity contribution in [1.82, 2.24) is 19.6 Å². The van der Waals surface area contributed by atoms with Crippen LogP contribution in [0.15, 0.2) is 29.8 Å². The molecule has 2 aliphatic heterocycles. The van der Waals surface area contributed by atoms with Crippen molar-refractivity contribution >= 4 is 29.1 Å². The van der Waals surface area contributed by atoms with E-state index < -0.39 is 17.7 Å². The fourth-order valence-corrected chi connectivity index (χ4v) is 4.66. The van der Waals surface area contributed by atoms with Crippen molar-refractivity contribution in [3.05, 3.63) is 57.4 Å². The summed E-state index contributed by atoms with van der Waals surface area (Å²) in [6, 6.07) is 6.34. The Morgan fingerprint density at radius 2 is 1.94 bits per heavy atom. The molecule has 2 aliphatic rings. The number of Topliss-reactive ketones (excluding diaryl/α,β-unsaturated/α-hetero) is 1. The van der Waals surface area contributed by atoms with Gasteiger partial charge in [-0.1, -0.05) is 23.7 Å². The van der Waals surface area contributed by atoms with Crippen LogP contribution in [-0.2, 0) is 21.4 Å². The lowest BCUT2D eigenvalue weighted by Crippen LogP contribution is -2.42. The number of aliphatic hydroxyl groups excluding tert-OH is 1. The van der Waals surface area contributed by atoms with E-state index >= 15 is 0 Å². The number of ether oxygens (including phenoxy) is 1. The van der Waals surface area contributed by atoms with Crippen molar-refractivity contribution in [2.45, 2.75) is 19.9 Å². The topological polar surface area (TPSA) is 87.9 Å². The molecule has 32 heavy (non-hydrogen) atoms. The number of likely N-dealkylation sites (tertiary alicyclic amines) is 1. The molecular formula is C23H27ClN4O4. The highest BCUT2D eigenvalue weighted by Crippen LogP contribution is 2.40. The molecule has 1 amide bonds. The Labute approximate surface area is 192 Å². The molecule has 8 nitrogen and oxygen atoms in total. The molecule has 4 rings (SSSR count). The van der Waals surface area contributed by atoms with Crippen LogP contribution in [0.5, 0.6) is 0 Å². The van der Waals surface area contributed by atoms with Crippen LogP contribution in [0.2, 0.25) is 5.02 Å². The highest BCUT2D eigenvalue weighted by atomic mass is 35.5.